The normalized spacial score (nSPS) is 25.6. The average molecular weight is 859 g/mol. The molecule has 4 aromatic carbocycles. The molecule has 326 valence electrons. The van der Waals surface area contributed by atoms with E-state index in [-0.39, 0.29) is 21.3 Å². The molecule has 6 atom stereocenters. The summed E-state index contributed by atoms with van der Waals surface area (Å²) in [4.78, 5) is 0.492. The van der Waals surface area contributed by atoms with Crippen molar-refractivity contribution in [1.82, 2.24) is 0 Å². The number of hydrogen-bond acceptors (Lipinski definition) is 8. The number of benzene rings is 4. The number of aliphatic hydroxyl groups excluding tert-OH is 2. The Labute approximate surface area is 359 Å². The van der Waals surface area contributed by atoms with Gasteiger partial charge >= 0.3 is 0 Å². The third kappa shape index (κ3) is 9.83. The molecule has 2 aliphatic heterocycles. The molecule has 0 bridgehead atoms. The molecule has 1 unspecified atom stereocenters. The lowest BCUT2D eigenvalue weighted by atomic mass is 9.69. The third-order valence-electron chi connectivity index (χ3n) is 13.5. The molecule has 2 aliphatic rings. The van der Waals surface area contributed by atoms with Gasteiger partial charge in [-0.15, -0.1) is 0 Å². The highest BCUT2D eigenvalue weighted by molar-refractivity contribution is 7.91. The molecular weight excluding hydrogens is 793 g/mol. The summed E-state index contributed by atoms with van der Waals surface area (Å²) in [7, 11) is -7.47. The van der Waals surface area contributed by atoms with Crippen LogP contribution in [0.3, 0.4) is 0 Å². The van der Waals surface area contributed by atoms with Crippen molar-refractivity contribution in [3.8, 4) is 11.5 Å². The summed E-state index contributed by atoms with van der Waals surface area (Å²) in [6, 6.07) is 30.1. The van der Waals surface area contributed by atoms with E-state index in [0.29, 0.717) is 61.5 Å². The van der Waals surface area contributed by atoms with E-state index in [0.717, 1.165) is 62.5 Å². The topological polar surface area (TPSA) is 127 Å². The number of hydrogen-bond donors (Lipinski definition) is 2. The smallest absolute Gasteiger partial charge is 0.179 e. The quantitative estimate of drug-likeness (QED) is 0.0893. The SMILES string of the molecule is CCCC[C@@]1(CC)CS(=O)(=O)c2cc(OCCCCCCOc3ccc4c(c3)S(=O)(=O)C[C@@](CC)(CCCC)[C@@H](O)[C@H]4c3ccccc3)ccc2[C@@H](c2ccccc2)C1O. The fourth-order valence-electron chi connectivity index (χ4n) is 9.85. The lowest BCUT2D eigenvalue weighted by Crippen LogP contribution is -2.42. The van der Waals surface area contributed by atoms with E-state index in [1.807, 2.05) is 98.8 Å². The van der Waals surface area contributed by atoms with Gasteiger partial charge in [0.2, 0.25) is 0 Å². The molecule has 0 amide bonds. The van der Waals surface area contributed by atoms with Gasteiger partial charge in [-0.3, -0.25) is 0 Å². The van der Waals surface area contributed by atoms with E-state index < -0.39 is 54.5 Å². The predicted molar refractivity (Wildman–Crippen MR) is 240 cm³/mol. The van der Waals surface area contributed by atoms with Crippen molar-refractivity contribution in [2.24, 2.45) is 10.8 Å². The van der Waals surface area contributed by atoms with Crippen molar-refractivity contribution >= 4 is 19.7 Å². The number of ether oxygens (including phenoxy) is 2. The summed E-state index contributed by atoms with van der Waals surface area (Å²) in [5.41, 5.74) is 1.52. The van der Waals surface area contributed by atoms with Crippen LogP contribution in [0, 0.1) is 10.8 Å². The van der Waals surface area contributed by atoms with E-state index >= 15 is 0 Å². The van der Waals surface area contributed by atoms with E-state index in [1.165, 1.54) is 0 Å². The largest absolute Gasteiger partial charge is 0.494 e. The van der Waals surface area contributed by atoms with Crippen LogP contribution in [-0.2, 0) is 19.7 Å². The minimum absolute atomic E-state index is 0.100. The van der Waals surface area contributed by atoms with Crippen LogP contribution in [0.5, 0.6) is 11.5 Å². The molecule has 10 heteroatoms. The van der Waals surface area contributed by atoms with Crippen LogP contribution in [0.15, 0.2) is 107 Å². The van der Waals surface area contributed by atoms with Gasteiger partial charge in [-0.25, -0.2) is 16.8 Å². The van der Waals surface area contributed by atoms with Crippen molar-refractivity contribution in [1.29, 1.82) is 0 Å². The first-order valence-electron chi connectivity index (χ1n) is 22.3. The van der Waals surface area contributed by atoms with E-state index in [4.69, 9.17) is 9.47 Å². The Balaban J connectivity index is 1.08. The lowest BCUT2D eigenvalue weighted by molar-refractivity contribution is 0.0173. The Bertz CT molecular complexity index is 2070. The maximum Gasteiger partial charge on any atom is 0.179 e. The average Bonchev–Trinajstić information content (AvgIpc) is 3.37. The first-order chi connectivity index (χ1) is 28.8. The fraction of sp³-hybridized carbons (Fsp3) is 0.520. The Morgan fingerprint density at radius 2 is 0.917 bits per heavy atom. The number of unbranched alkanes of at least 4 members (excludes halogenated alkanes) is 5. The minimum atomic E-state index is -3.73. The van der Waals surface area contributed by atoms with Crippen molar-refractivity contribution in [3.63, 3.8) is 0 Å². The molecular formula is C50H66O8S2. The van der Waals surface area contributed by atoms with Crippen LogP contribution < -0.4 is 9.47 Å². The standard InChI is InChI=1S/C50H66O8S2/c1-5-9-29-49(7-3)35-59(53,54)43-33-39(25-27-41(43)45(47(49)51)37-21-15-13-16-22-37)57-31-19-11-12-20-32-58-40-26-28-42-44(34-40)60(55,56)36-50(8-4,30-10-6-2)48(52)46(42)38-23-17-14-18-24-38/h13-18,21-28,33-34,45-48,51-52H,5-12,19-20,29-32,35-36H2,1-4H3/t45-,46+,47-,48?,49+,50-/m0/s1. The lowest BCUT2D eigenvalue weighted by Gasteiger charge is -2.39. The molecule has 0 fully saturated rings. The molecule has 2 heterocycles. The molecule has 0 radical (unpaired) electrons. The molecule has 4 aromatic rings. The summed E-state index contributed by atoms with van der Waals surface area (Å²) in [5, 5.41) is 24.1. The zero-order valence-electron chi connectivity index (χ0n) is 36.0. The van der Waals surface area contributed by atoms with Crippen molar-refractivity contribution in [2.45, 2.75) is 139 Å². The maximum atomic E-state index is 14.1. The van der Waals surface area contributed by atoms with Gasteiger partial charge in [0.25, 0.3) is 0 Å². The number of fused-ring (bicyclic) bond motifs is 2. The van der Waals surface area contributed by atoms with Crippen LogP contribution in [0.4, 0.5) is 0 Å². The highest BCUT2D eigenvalue weighted by Crippen LogP contribution is 2.51. The highest BCUT2D eigenvalue weighted by atomic mass is 32.2. The summed E-state index contributed by atoms with van der Waals surface area (Å²) in [6.45, 7) is 9.02. The fourth-order valence-corrected chi connectivity index (χ4v) is 14.4. The highest BCUT2D eigenvalue weighted by Gasteiger charge is 2.50. The van der Waals surface area contributed by atoms with Gasteiger partial charge in [-0.1, -0.05) is 126 Å². The van der Waals surface area contributed by atoms with Crippen molar-refractivity contribution in [3.05, 3.63) is 119 Å². The number of rotatable bonds is 19. The molecule has 0 saturated heterocycles. The van der Waals surface area contributed by atoms with Gasteiger partial charge in [0.15, 0.2) is 19.7 Å². The molecule has 0 saturated carbocycles. The first-order valence-corrected chi connectivity index (χ1v) is 25.6. The van der Waals surface area contributed by atoms with E-state index in [1.54, 1.807) is 12.1 Å². The van der Waals surface area contributed by atoms with Crippen molar-refractivity contribution < 1.29 is 36.5 Å². The Morgan fingerprint density at radius 3 is 1.27 bits per heavy atom. The Morgan fingerprint density at radius 1 is 0.533 bits per heavy atom. The molecule has 8 nitrogen and oxygen atoms in total. The summed E-state index contributed by atoms with van der Waals surface area (Å²) >= 11 is 0. The van der Waals surface area contributed by atoms with Gasteiger partial charge in [0.05, 0.1) is 46.7 Å². The van der Waals surface area contributed by atoms with Crippen LogP contribution in [-0.4, -0.2) is 64.0 Å². The first kappa shape index (κ1) is 45.8. The van der Waals surface area contributed by atoms with Crippen LogP contribution in [0.1, 0.15) is 139 Å². The van der Waals surface area contributed by atoms with Crippen LogP contribution in [0.2, 0.25) is 0 Å². The number of aliphatic hydroxyl groups is 2. The predicted octanol–water partition coefficient (Wildman–Crippen LogP) is 10.4. The van der Waals surface area contributed by atoms with Gasteiger partial charge in [0, 0.05) is 22.7 Å². The second-order valence-electron chi connectivity index (χ2n) is 17.3. The molecule has 6 rings (SSSR count). The molecule has 2 N–H and O–H groups in total. The zero-order chi connectivity index (χ0) is 43.0. The number of sulfone groups is 2. The van der Waals surface area contributed by atoms with E-state index in [9.17, 15) is 27.0 Å². The molecule has 0 aromatic heterocycles. The van der Waals surface area contributed by atoms with Crippen LogP contribution in [0.25, 0.3) is 0 Å². The summed E-state index contributed by atoms with van der Waals surface area (Å²) < 4.78 is 68.8. The zero-order valence-corrected chi connectivity index (χ0v) is 37.7. The summed E-state index contributed by atoms with van der Waals surface area (Å²) in [6.07, 6.45) is 7.50. The monoisotopic (exact) mass is 858 g/mol. The van der Waals surface area contributed by atoms with Gasteiger partial charge < -0.3 is 19.7 Å². The maximum absolute atomic E-state index is 14.1. The molecule has 0 spiro atoms. The van der Waals surface area contributed by atoms with Gasteiger partial charge in [-0.2, -0.15) is 0 Å². The second-order valence-corrected chi connectivity index (χ2v) is 21.2. The third-order valence-corrected chi connectivity index (χ3v) is 17.5. The summed E-state index contributed by atoms with van der Waals surface area (Å²) in [5.74, 6) is -0.149. The van der Waals surface area contributed by atoms with Gasteiger partial charge in [0.1, 0.15) is 11.5 Å². The van der Waals surface area contributed by atoms with E-state index in [2.05, 4.69) is 13.8 Å². The van der Waals surface area contributed by atoms with Gasteiger partial charge in [-0.05, 0) is 97.9 Å². The molecule has 0 aliphatic carbocycles. The second kappa shape index (κ2) is 20.0. The Hall–Kier alpha value is -3.70. The Kier molecular flexibility index (Phi) is 15.3. The van der Waals surface area contributed by atoms with Crippen molar-refractivity contribution in [2.75, 3.05) is 24.7 Å². The van der Waals surface area contributed by atoms with Crippen LogP contribution >= 0.6 is 0 Å². The minimum Gasteiger partial charge on any atom is -0.494 e. The molecule has 60 heavy (non-hydrogen) atoms.